The van der Waals surface area contributed by atoms with Crippen LogP contribution in [0.5, 0.6) is 5.06 Å². The number of carbonyl (C=O) groups is 1. The van der Waals surface area contributed by atoms with Crippen LogP contribution in [-0.4, -0.2) is 12.9 Å². The van der Waals surface area contributed by atoms with Crippen LogP contribution in [0.15, 0.2) is 12.1 Å². The number of carbonyl (C=O) groups excluding carboxylic acids is 1. The number of aldehydes is 1. The van der Waals surface area contributed by atoms with Crippen molar-refractivity contribution in [2.24, 2.45) is 0 Å². The molecule has 1 rings (SSSR count). The van der Waals surface area contributed by atoms with Crippen molar-refractivity contribution in [3.05, 3.63) is 17.0 Å². The Kier molecular flexibility index (Phi) is 6.09. The average Bonchev–Trinajstić information content (AvgIpc) is 2.71. The van der Waals surface area contributed by atoms with Crippen molar-refractivity contribution < 1.29 is 9.53 Å². The van der Waals surface area contributed by atoms with Gasteiger partial charge in [0.15, 0.2) is 11.3 Å². The first kappa shape index (κ1) is 12.2. The molecule has 0 atom stereocenters. The van der Waals surface area contributed by atoms with Crippen LogP contribution in [0.1, 0.15) is 48.7 Å². The Morgan fingerprint density at radius 1 is 1.27 bits per heavy atom. The van der Waals surface area contributed by atoms with Crippen molar-refractivity contribution in [1.29, 1.82) is 0 Å². The van der Waals surface area contributed by atoms with E-state index in [9.17, 15) is 4.79 Å². The molecule has 0 aromatic carbocycles. The second-order valence-corrected chi connectivity index (χ2v) is 4.62. The highest BCUT2D eigenvalue weighted by Crippen LogP contribution is 2.23. The molecule has 0 aliphatic carbocycles. The predicted octanol–water partition coefficient (Wildman–Crippen LogP) is 3.91. The van der Waals surface area contributed by atoms with Crippen LogP contribution in [0, 0.1) is 0 Å². The number of hydrogen-bond donors (Lipinski definition) is 0. The lowest BCUT2D eigenvalue weighted by molar-refractivity contribution is 0.112. The van der Waals surface area contributed by atoms with Gasteiger partial charge in [0.1, 0.15) is 0 Å². The van der Waals surface area contributed by atoms with Crippen LogP contribution < -0.4 is 4.74 Å². The highest BCUT2D eigenvalue weighted by atomic mass is 32.1. The lowest BCUT2D eigenvalue weighted by atomic mass is 10.2. The smallest absolute Gasteiger partial charge is 0.174 e. The Morgan fingerprint density at radius 3 is 2.73 bits per heavy atom. The summed E-state index contributed by atoms with van der Waals surface area (Å²) in [6.45, 7) is 2.98. The highest BCUT2D eigenvalue weighted by Gasteiger charge is 1.99. The van der Waals surface area contributed by atoms with Crippen molar-refractivity contribution in [3.8, 4) is 5.06 Å². The summed E-state index contributed by atoms with van der Waals surface area (Å²) in [6, 6.07) is 3.66. The Bertz CT molecular complexity index is 281. The predicted molar refractivity (Wildman–Crippen MR) is 64.0 cm³/mol. The van der Waals surface area contributed by atoms with Gasteiger partial charge in [-0.15, -0.1) is 0 Å². The summed E-state index contributed by atoms with van der Waals surface area (Å²) in [7, 11) is 0. The lowest BCUT2D eigenvalue weighted by Gasteiger charge is -2.02. The SMILES string of the molecule is CCCCCCCOc1ccc(C=O)s1. The second-order valence-electron chi connectivity index (χ2n) is 3.54. The first-order valence-corrected chi connectivity index (χ1v) is 6.36. The molecule has 1 heterocycles. The molecule has 0 saturated heterocycles. The van der Waals surface area contributed by atoms with Gasteiger partial charge in [0, 0.05) is 0 Å². The molecule has 0 aliphatic rings. The molecular weight excluding hydrogens is 208 g/mol. The van der Waals surface area contributed by atoms with Gasteiger partial charge in [-0.3, -0.25) is 4.79 Å². The number of thiophene rings is 1. The number of unbranched alkanes of at least 4 members (excludes halogenated alkanes) is 4. The van der Waals surface area contributed by atoms with Crippen LogP contribution in [0.25, 0.3) is 0 Å². The molecule has 0 unspecified atom stereocenters. The second kappa shape index (κ2) is 7.46. The van der Waals surface area contributed by atoms with E-state index >= 15 is 0 Å². The fraction of sp³-hybridized carbons (Fsp3) is 0.583. The van der Waals surface area contributed by atoms with Gasteiger partial charge < -0.3 is 4.74 Å². The molecule has 0 saturated carbocycles. The van der Waals surface area contributed by atoms with E-state index in [0.717, 1.165) is 29.3 Å². The topological polar surface area (TPSA) is 26.3 Å². The molecule has 15 heavy (non-hydrogen) atoms. The zero-order valence-electron chi connectivity index (χ0n) is 9.20. The maximum absolute atomic E-state index is 10.4. The molecule has 0 aliphatic heterocycles. The maximum atomic E-state index is 10.4. The standard InChI is InChI=1S/C12H18O2S/c1-2-3-4-5-6-9-14-12-8-7-11(10-13)15-12/h7-8,10H,2-6,9H2,1H3. The third-order valence-electron chi connectivity index (χ3n) is 2.21. The molecule has 0 radical (unpaired) electrons. The fourth-order valence-corrected chi connectivity index (χ4v) is 2.05. The summed E-state index contributed by atoms with van der Waals surface area (Å²) < 4.78 is 5.53. The van der Waals surface area contributed by atoms with Gasteiger partial charge in [0.05, 0.1) is 11.5 Å². The van der Waals surface area contributed by atoms with E-state index < -0.39 is 0 Å². The van der Waals surface area contributed by atoms with Crippen LogP contribution in [0.4, 0.5) is 0 Å². The molecule has 1 aromatic rings. The van der Waals surface area contributed by atoms with E-state index in [0.29, 0.717) is 0 Å². The van der Waals surface area contributed by atoms with Gasteiger partial charge in [0.2, 0.25) is 0 Å². The minimum Gasteiger partial charge on any atom is -0.484 e. The summed E-state index contributed by atoms with van der Waals surface area (Å²) >= 11 is 1.41. The first-order valence-electron chi connectivity index (χ1n) is 5.54. The van der Waals surface area contributed by atoms with Gasteiger partial charge in [-0.25, -0.2) is 0 Å². The monoisotopic (exact) mass is 226 g/mol. The fourth-order valence-electron chi connectivity index (χ4n) is 1.35. The number of hydrogen-bond acceptors (Lipinski definition) is 3. The lowest BCUT2D eigenvalue weighted by Crippen LogP contribution is -1.95. The summed E-state index contributed by atoms with van der Waals surface area (Å²) in [4.78, 5) is 11.2. The third kappa shape index (κ3) is 4.98. The van der Waals surface area contributed by atoms with Crippen molar-refractivity contribution in [1.82, 2.24) is 0 Å². The average molecular weight is 226 g/mol. The van der Waals surface area contributed by atoms with E-state index in [-0.39, 0.29) is 0 Å². The van der Waals surface area contributed by atoms with Gasteiger partial charge >= 0.3 is 0 Å². The Labute approximate surface area is 95.3 Å². The molecule has 1 aromatic heterocycles. The summed E-state index contributed by atoms with van der Waals surface area (Å²) in [5, 5.41) is 0.854. The van der Waals surface area contributed by atoms with E-state index in [4.69, 9.17) is 4.74 Å². The minimum atomic E-state index is 0.732. The van der Waals surface area contributed by atoms with E-state index in [1.807, 2.05) is 6.07 Å². The molecule has 0 amide bonds. The number of rotatable bonds is 8. The van der Waals surface area contributed by atoms with E-state index in [1.54, 1.807) is 6.07 Å². The van der Waals surface area contributed by atoms with Crippen molar-refractivity contribution in [2.45, 2.75) is 39.0 Å². The molecular formula is C12H18O2S. The Balaban J connectivity index is 2.07. The molecule has 3 heteroatoms. The normalized spacial score (nSPS) is 10.2. The Morgan fingerprint density at radius 2 is 2.07 bits per heavy atom. The Hall–Kier alpha value is -0.830. The van der Waals surface area contributed by atoms with Crippen LogP contribution >= 0.6 is 11.3 Å². The highest BCUT2D eigenvalue weighted by molar-refractivity contribution is 7.15. The molecule has 0 bridgehead atoms. The van der Waals surface area contributed by atoms with Crippen LogP contribution in [0.3, 0.4) is 0 Å². The van der Waals surface area contributed by atoms with Gasteiger partial charge in [-0.2, -0.15) is 0 Å². The van der Waals surface area contributed by atoms with Crippen molar-refractivity contribution in [2.75, 3.05) is 6.61 Å². The maximum Gasteiger partial charge on any atom is 0.174 e. The largest absolute Gasteiger partial charge is 0.484 e. The van der Waals surface area contributed by atoms with Gasteiger partial charge in [0.25, 0.3) is 0 Å². The first-order chi connectivity index (χ1) is 7.36. The summed E-state index contributed by atoms with van der Waals surface area (Å²) in [5.74, 6) is 0. The quantitative estimate of drug-likeness (QED) is 0.496. The summed E-state index contributed by atoms with van der Waals surface area (Å²) in [5.41, 5.74) is 0. The zero-order valence-corrected chi connectivity index (χ0v) is 10.0. The van der Waals surface area contributed by atoms with Crippen molar-refractivity contribution in [3.63, 3.8) is 0 Å². The van der Waals surface area contributed by atoms with E-state index in [2.05, 4.69) is 6.92 Å². The molecule has 0 N–H and O–H groups in total. The van der Waals surface area contributed by atoms with Gasteiger partial charge in [-0.05, 0) is 18.6 Å². The van der Waals surface area contributed by atoms with Crippen LogP contribution in [-0.2, 0) is 0 Å². The van der Waals surface area contributed by atoms with Crippen molar-refractivity contribution >= 4 is 17.6 Å². The zero-order chi connectivity index (χ0) is 10.9. The molecule has 2 nitrogen and oxygen atoms in total. The molecule has 84 valence electrons. The van der Waals surface area contributed by atoms with Crippen LogP contribution in [0.2, 0.25) is 0 Å². The van der Waals surface area contributed by atoms with Gasteiger partial charge in [-0.1, -0.05) is 43.9 Å². The molecule has 0 fully saturated rings. The van der Waals surface area contributed by atoms with E-state index in [1.165, 1.54) is 37.0 Å². The molecule has 0 spiro atoms. The third-order valence-corrected chi connectivity index (χ3v) is 3.13. The minimum absolute atomic E-state index is 0.732. The number of ether oxygens (including phenoxy) is 1. The summed E-state index contributed by atoms with van der Waals surface area (Å²) in [6.07, 6.45) is 7.08.